The molecular formula is C20H23NOS2. The fraction of sp³-hybridized carbons (Fsp3) is 0.550. The molecule has 4 bridgehead atoms. The van der Waals surface area contributed by atoms with Crippen LogP contribution in [0.25, 0.3) is 10.4 Å². The highest BCUT2D eigenvalue weighted by atomic mass is 32.2. The van der Waals surface area contributed by atoms with Gasteiger partial charge in [0.25, 0.3) is 0 Å². The summed E-state index contributed by atoms with van der Waals surface area (Å²) < 4.78 is 1.09. The van der Waals surface area contributed by atoms with Gasteiger partial charge in [-0.1, -0.05) is 42.1 Å². The minimum Gasteiger partial charge on any atom is -0.388 e. The second kappa shape index (κ2) is 5.86. The van der Waals surface area contributed by atoms with Gasteiger partial charge in [-0.15, -0.1) is 11.3 Å². The van der Waals surface area contributed by atoms with Crippen LogP contribution in [0.2, 0.25) is 0 Å². The normalized spacial score (nSPS) is 37.0. The van der Waals surface area contributed by atoms with E-state index < -0.39 is 5.60 Å². The molecule has 2 aromatic rings. The Labute approximate surface area is 151 Å². The van der Waals surface area contributed by atoms with E-state index in [0.717, 1.165) is 21.9 Å². The first kappa shape index (κ1) is 15.4. The predicted molar refractivity (Wildman–Crippen MR) is 100 cm³/mol. The van der Waals surface area contributed by atoms with E-state index in [9.17, 15) is 5.11 Å². The highest BCUT2D eigenvalue weighted by Crippen LogP contribution is 2.59. The standard InChI is InChI=1S/C20H23NOS2/c22-20(16-7-13-6-14(9-16)10-17(20)8-13)12-23-19-21-11-18(24-19)15-4-2-1-3-5-15/h1-5,11,13-14,16-17,22H,6-10,12H2. The zero-order valence-electron chi connectivity index (χ0n) is 13.7. The lowest BCUT2D eigenvalue weighted by molar-refractivity contribution is -0.158. The molecule has 1 aromatic carbocycles. The topological polar surface area (TPSA) is 33.1 Å². The van der Waals surface area contributed by atoms with E-state index in [1.165, 1.54) is 42.5 Å². The first-order chi connectivity index (χ1) is 11.7. The molecule has 0 radical (unpaired) electrons. The van der Waals surface area contributed by atoms with Crippen molar-refractivity contribution in [1.29, 1.82) is 0 Å². The van der Waals surface area contributed by atoms with E-state index in [-0.39, 0.29) is 0 Å². The Hall–Kier alpha value is -0.840. The molecule has 0 saturated heterocycles. The molecule has 24 heavy (non-hydrogen) atoms. The maximum Gasteiger partial charge on any atom is 0.150 e. The molecule has 0 spiro atoms. The van der Waals surface area contributed by atoms with Crippen molar-refractivity contribution in [2.75, 3.05) is 5.75 Å². The molecule has 1 N–H and O–H groups in total. The van der Waals surface area contributed by atoms with Crippen molar-refractivity contribution in [2.45, 2.75) is 42.0 Å². The number of aliphatic hydroxyl groups is 1. The van der Waals surface area contributed by atoms with Crippen LogP contribution in [-0.2, 0) is 0 Å². The molecule has 2 nitrogen and oxygen atoms in total. The van der Waals surface area contributed by atoms with Gasteiger partial charge in [0.15, 0.2) is 0 Å². The second-order valence-electron chi connectivity index (χ2n) is 7.94. The lowest BCUT2D eigenvalue weighted by atomic mass is 9.50. The number of aromatic nitrogens is 1. The van der Waals surface area contributed by atoms with Crippen molar-refractivity contribution in [3.05, 3.63) is 36.5 Å². The summed E-state index contributed by atoms with van der Waals surface area (Å²) in [6.45, 7) is 0. The maximum atomic E-state index is 11.4. The van der Waals surface area contributed by atoms with E-state index in [4.69, 9.17) is 0 Å². The average Bonchev–Trinajstić information content (AvgIpc) is 3.07. The van der Waals surface area contributed by atoms with Crippen LogP contribution >= 0.6 is 23.1 Å². The summed E-state index contributed by atoms with van der Waals surface area (Å²) in [6.07, 6.45) is 8.45. The van der Waals surface area contributed by atoms with Crippen LogP contribution in [0.15, 0.2) is 40.9 Å². The number of rotatable bonds is 4. The molecule has 4 fully saturated rings. The molecule has 0 unspecified atom stereocenters. The van der Waals surface area contributed by atoms with Gasteiger partial charge in [-0.3, -0.25) is 0 Å². The number of nitrogens with zero attached hydrogens (tertiary/aromatic N) is 1. The van der Waals surface area contributed by atoms with Crippen LogP contribution in [0.4, 0.5) is 0 Å². The van der Waals surface area contributed by atoms with Crippen molar-refractivity contribution < 1.29 is 5.11 Å². The van der Waals surface area contributed by atoms with Gasteiger partial charge in [-0.2, -0.15) is 0 Å². The number of hydrogen-bond donors (Lipinski definition) is 1. The van der Waals surface area contributed by atoms with Crippen molar-refractivity contribution in [2.24, 2.45) is 23.7 Å². The molecule has 1 heterocycles. The fourth-order valence-corrected chi connectivity index (χ4v) is 7.76. The van der Waals surface area contributed by atoms with Crippen LogP contribution in [0, 0.1) is 23.7 Å². The molecule has 0 aliphatic heterocycles. The second-order valence-corrected chi connectivity index (χ2v) is 10.2. The lowest BCUT2D eigenvalue weighted by Gasteiger charge is -2.58. The molecule has 0 amide bonds. The van der Waals surface area contributed by atoms with Gasteiger partial charge >= 0.3 is 0 Å². The highest BCUT2D eigenvalue weighted by Gasteiger charge is 2.56. The Morgan fingerprint density at radius 2 is 1.71 bits per heavy atom. The van der Waals surface area contributed by atoms with Crippen molar-refractivity contribution in [3.63, 3.8) is 0 Å². The largest absolute Gasteiger partial charge is 0.388 e. The summed E-state index contributed by atoms with van der Waals surface area (Å²) >= 11 is 3.52. The maximum absolute atomic E-state index is 11.4. The van der Waals surface area contributed by atoms with E-state index >= 15 is 0 Å². The van der Waals surface area contributed by atoms with E-state index in [1.807, 2.05) is 12.3 Å². The molecule has 6 rings (SSSR count). The van der Waals surface area contributed by atoms with E-state index in [2.05, 4.69) is 29.2 Å². The molecule has 4 saturated carbocycles. The van der Waals surface area contributed by atoms with Gasteiger partial charge in [0.1, 0.15) is 4.34 Å². The Morgan fingerprint density at radius 1 is 1.04 bits per heavy atom. The van der Waals surface area contributed by atoms with Crippen molar-refractivity contribution in [3.8, 4) is 10.4 Å². The smallest absolute Gasteiger partial charge is 0.150 e. The third-order valence-corrected chi connectivity index (χ3v) is 8.93. The van der Waals surface area contributed by atoms with Crippen LogP contribution < -0.4 is 0 Å². The van der Waals surface area contributed by atoms with Gasteiger partial charge in [0.2, 0.25) is 0 Å². The van der Waals surface area contributed by atoms with Gasteiger partial charge in [0, 0.05) is 11.9 Å². The number of hydrogen-bond acceptors (Lipinski definition) is 4. The first-order valence-corrected chi connectivity index (χ1v) is 10.9. The Kier molecular flexibility index (Phi) is 3.76. The molecule has 4 aliphatic rings. The molecule has 126 valence electrons. The summed E-state index contributed by atoms with van der Waals surface area (Å²) in [7, 11) is 0. The lowest BCUT2D eigenvalue weighted by Crippen LogP contribution is -2.59. The minimum atomic E-state index is -0.448. The zero-order chi connectivity index (χ0) is 16.1. The predicted octanol–water partition coefficient (Wildman–Crippen LogP) is 5.09. The van der Waals surface area contributed by atoms with Crippen LogP contribution in [0.3, 0.4) is 0 Å². The zero-order valence-corrected chi connectivity index (χ0v) is 15.4. The van der Waals surface area contributed by atoms with Crippen LogP contribution in [0.1, 0.15) is 32.1 Å². The summed E-state index contributed by atoms with van der Waals surface area (Å²) in [5.74, 6) is 3.71. The summed E-state index contributed by atoms with van der Waals surface area (Å²) in [5.41, 5.74) is 0.784. The summed E-state index contributed by atoms with van der Waals surface area (Å²) in [6, 6.07) is 10.4. The number of thiazole rings is 1. The average molecular weight is 358 g/mol. The van der Waals surface area contributed by atoms with Crippen molar-refractivity contribution in [1.82, 2.24) is 4.98 Å². The van der Waals surface area contributed by atoms with Gasteiger partial charge in [0.05, 0.1) is 10.5 Å². The molecule has 0 atom stereocenters. The monoisotopic (exact) mass is 357 g/mol. The Balaban J connectivity index is 1.30. The van der Waals surface area contributed by atoms with Gasteiger partial charge < -0.3 is 5.11 Å². The van der Waals surface area contributed by atoms with Gasteiger partial charge in [-0.05, 0) is 61.3 Å². The quantitative estimate of drug-likeness (QED) is 0.774. The number of thioether (sulfide) groups is 1. The molecule has 4 heteroatoms. The third kappa shape index (κ3) is 2.54. The Morgan fingerprint density at radius 3 is 2.38 bits per heavy atom. The summed E-state index contributed by atoms with van der Waals surface area (Å²) in [4.78, 5) is 5.81. The van der Waals surface area contributed by atoms with Gasteiger partial charge in [-0.25, -0.2) is 4.98 Å². The fourth-order valence-electron chi connectivity index (χ4n) is 5.47. The SMILES string of the molecule is OC1(CSc2ncc(-c3ccccc3)s2)C2CC3CC(C2)CC1C3. The highest BCUT2D eigenvalue weighted by molar-refractivity contribution is 8.01. The van der Waals surface area contributed by atoms with Crippen LogP contribution in [-0.4, -0.2) is 21.4 Å². The summed E-state index contributed by atoms with van der Waals surface area (Å²) in [5, 5.41) is 11.4. The Bertz CT molecular complexity index is 698. The molecular weight excluding hydrogens is 334 g/mol. The number of benzene rings is 1. The van der Waals surface area contributed by atoms with Crippen molar-refractivity contribution >= 4 is 23.1 Å². The molecule has 4 aliphatic carbocycles. The molecule has 1 aromatic heterocycles. The van der Waals surface area contributed by atoms with E-state index in [1.54, 1.807) is 23.1 Å². The third-order valence-electron chi connectivity index (χ3n) is 6.52. The first-order valence-electron chi connectivity index (χ1n) is 9.07. The minimum absolute atomic E-state index is 0.448. The van der Waals surface area contributed by atoms with E-state index in [0.29, 0.717) is 11.8 Å². The van der Waals surface area contributed by atoms with Crippen LogP contribution in [0.5, 0.6) is 0 Å².